The highest BCUT2D eigenvalue weighted by molar-refractivity contribution is 5.83. The first kappa shape index (κ1) is 19.7. The Hall–Kier alpha value is -2.65. The second-order valence-electron chi connectivity index (χ2n) is 8.23. The maximum absolute atomic E-state index is 12.4. The van der Waals surface area contributed by atoms with Crippen LogP contribution in [-0.4, -0.2) is 29.9 Å². The van der Waals surface area contributed by atoms with Crippen LogP contribution in [0.4, 0.5) is 0 Å². The van der Waals surface area contributed by atoms with Gasteiger partial charge < -0.3 is 5.32 Å². The molecule has 1 amide bonds. The van der Waals surface area contributed by atoms with Gasteiger partial charge in [0.15, 0.2) is 0 Å². The van der Waals surface area contributed by atoms with Crippen LogP contribution in [0.15, 0.2) is 66.7 Å². The first-order valence-corrected chi connectivity index (χ1v) is 10.7. The van der Waals surface area contributed by atoms with E-state index in [-0.39, 0.29) is 5.91 Å². The van der Waals surface area contributed by atoms with E-state index < -0.39 is 0 Å². The summed E-state index contributed by atoms with van der Waals surface area (Å²) in [7, 11) is 0. The minimum Gasteiger partial charge on any atom is -0.353 e. The van der Waals surface area contributed by atoms with Crippen molar-refractivity contribution in [3.8, 4) is 0 Å². The van der Waals surface area contributed by atoms with Crippen molar-refractivity contribution in [2.75, 3.05) is 13.1 Å². The summed E-state index contributed by atoms with van der Waals surface area (Å²) in [6.07, 6.45) is 3.42. The highest BCUT2D eigenvalue weighted by Crippen LogP contribution is 2.18. The Morgan fingerprint density at radius 2 is 1.69 bits per heavy atom. The first-order chi connectivity index (χ1) is 14.2. The molecule has 0 aromatic heterocycles. The second-order valence-corrected chi connectivity index (χ2v) is 8.23. The molecule has 4 rings (SSSR count). The largest absolute Gasteiger partial charge is 0.353 e. The highest BCUT2D eigenvalue weighted by Gasteiger charge is 2.20. The number of nitrogens with one attached hydrogen (secondary N) is 1. The van der Waals surface area contributed by atoms with E-state index in [0.717, 1.165) is 38.9 Å². The predicted molar refractivity (Wildman–Crippen MR) is 120 cm³/mol. The predicted octanol–water partition coefficient (Wildman–Crippen LogP) is 4.86. The zero-order chi connectivity index (χ0) is 20.1. The van der Waals surface area contributed by atoms with Gasteiger partial charge in [-0.1, -0.05) is 66.7 Å². The molecule has 3 aromatic rings. The average Bonchev–Trinajstić information content (AvgIpc) is 2.75. The topological polar surface area (TPSA) is 32.3 Å². The number of hydrogen-bond acceptors (Lipinski definition) is 2. The van der Waals surface area contributed by atoms with Crippen LogP contribution >= 0.6 is 0 Å². The Labute approximate surface area is 173 Å². The normalized spacial score (nSPS) is 15.5. The summed E-state index contributed by atoms with van der Waals surface area (Å²) in [4.78, 5) is 14.9. The number of aryl methyl sites for hydroxylation is 2. The van der Waals surface area contributed by atoms with Crippen molar-refractivity contribution in [2.45, 2.75) is 45.2 Å². The molecule has 150 valence electrons. The molecule has 0 bridgehead atoms. The van der Waals surface area contributed by atoms with Crippen LogP contribution in [0.25, 0.3) is 10.8 Å². The summed E-state index contributed by atoms with van der Waals surface area (Å²) < 4.78 is 0. The van der Waals surface area contributed by atoms with E-state index in [1.165, 1.54) is 27.5 Å². The smallest absolute Gasteiger partial charge is 0.220 e. The lowest BCUT2D eigenvalue weighted by Crippen LogP contribution is -2.44. The van der Waals surface area contributed by atoms with Crippen LogP contribution in [0.3, 0.4) is 0 Å². The number of benzene rings is 3. The minimum atomic E-state index is 0.176. The molecule has 0 aliphatic carbocycles. The number of carbonyl (C=O) groups is 1. The number of rotatable bonds is 6. The molecule has 1 aliphatic rings. The highest BCUT2D eigenvalue weighted by atomic mass is 16.1. The SMILES string of the molecule is Cc1ccccc1CN1CCC(NC(=O)CCc2ccc3ccccc3c2)CC1. The van der Waals surface area contributed by atoms with Crippen molar-refractivity contribution < 1.29 is 4.79 Å². The summed E-state index contributed by atoms with van der Waals surface area (Å²) in [5.74, 6) is 0.176. The van der Waals surface area contributed by atoms with Gasteiger partial charge in [0.1, 0.15) is 0 Å². The van der Waals surface area contributed by atoms with Crippen LogP contribution in [0, 0.1) is 6.92 Å². The van der Waals surface area contributed by atoms with Gasteiger partial charge in [-0.3, -0.25) is 9.69 Å². The third-order valence-electron chi connectivity index (χ3n) is 6.06. The molecule has 3 nitrogen and oxygen atoms in total. The van der Waals surface area contributed by atoms with Crippen molar-refractivity contribution in [2.24, 2.45) is 0 Å². The van der Waals surface area contributed by atoms with Gasteiger partial charge in [-0.25, -0.2) is 0 Å². The van der Waals surface area contributed by atoms with Gasteiger partial charge >= 0.3 is 0 Å². The summed E-state index contributed by atoms with van der Waals surface area (Å²) in [5, 5.41) is 5.75. The number of carbonyl (C=O) groups excluding carboxylic acids is 1. The van der Waals surface area contributed by atoms with Gasteiger partial charge in [0.25, 0.3) is 0 Å². The Morgan fingerprint density at radius 3 is 2.48 bits per heavy atom. The summed E-state index contributed by atoms with van der Waals surface area (Å²) >= 11 is 0. The average molecular weight is 387 g/mol. The van der Waals surface area contributed by atoms with E-state index >= 15 is 0 Å². The third-order valence-corrected chi connectivity index (χ3v) is 6.06. The summed E-state index contributed by atoms with van der Waals surface area (Å²) in [6.45, 7) is 5.28. The zero-order valence-corrected chi connectivity index (χ0v) is 17.2. The van der Waals surface area contributed by atoms with Crippen molar-refractivity contribution in [1.82, 2.24) is 10.2 Å². The monoisotopic (exact) mass is 386 g/mol. The molecule has 1 fully saturated rings. The van der Waals surface area contributed by atoms with Gasteiger partial charge in [-0.15, -0.1) is 0 Å². The van der Waals surface area contributed by atoms with Crippen LogP contribution in [0.5, 0.6) is 0 Å². The quantitative estimate of drug-likeness (QED) is 0.656. The molecule has 29 heavy (non-hydrogen) atoms. The number of likely N-dealkylation sites (tertiary alicyclic amines) is 1. The van der Waals surface area contributed by atoms with Crippen LogP contribution < -0.4 is 5.32 Å². The third kappa shape index (κ3) is 5.24. The molecule has 1 N–H and O–H groups in total. The minimum absolute atomic E-state index is 0.176. The molecule has 0 radical (unpaired) electrons. The summed E-state index contributed by atoms with van der Waals surface area (Å²) in [5.41, 5.74) is 3.99. The van der Waals surface area contributed by atoms with E-state index in [1.807, 2.05) is 0 Å². The molecule has 1 aliphatic heterocycles. The molecule has 0 unspecified atom stereocenters. The van der Waals surface area contributed by atoms with Gasteiger partial charge in [0, 0.05) is 32.1 Å². The van der Waals surface area contributed by atoms with E-state index in [2.05, 4.69) is 83.9 Å². The van der Waals surface area contributed by atoms with Crippen molar-refractivity contribution in [1.29, 1.82) is 0 Å². The Kier molecular flexibility index (Phi) is 6.26. The number of nitrogens with zero attached hydrogens (tertiary/aromatic N) is 1. The Bertz CT molecular complexity index is 973. The number of hydrogen-bond donors (Lipinski definition) is 1. The molecule has 0 saturated carbocycles. The van der Waals surface area contributed by atoms with E-state index in [0.29, 0.717) is 12.5 Å². The van der Waals surface area contributed by atoms with Crippen LogP contribution in [0.2, 0.25) is 0 Å². The second kappa shape index (κ2) is 9.23. The fourth-order valence-corrected chi connectivity index (χ4v) is 4.22. The maximum Gasteiger partial charge on any atom is 0.220 e. The molecule has 0 atom stereocenters. The van der Waals surface area contributed by atoms with Gasteiger partial charge in [-0.05, 0) is 53.6 Å². The van der Waals surface area contributed by atoms with Gasteiger partial charge in [0.05, 0.1) is 0 Å². The van der Waals surface area contributed by atoms with Crippen LogP contribution in [-0.2, 0) is 17.8 Å². The number of amides is 1. The number of piperidine rings is 1. The van der Waals surface area contributed by atoms with Gasteiger partial charge in [-0.2, -0.15) is 0 Å². The molecular formula is C26H30N2O. The van der Waals surface area contributed by atoms with Crippen molar-refractivity contribution in [3.63, 3.8) is 0 Å². The maximum atomic E-state index is 12.4. The van der Waals surface area contributed by atoms with E-state index in [1.54, 1.807) is 0 Å². The van der Waals surface area contributed by atoms with Crippen molar-refractivity contribution >= 4 is 16.7 Å². The first-order valence-electron chi connectivity index (χ1n) is 10.7. The van der Waals surface area contributed by atoms with E-state index in [4.69, 9.17) is 0 Å². The molecule has 3 aromatic carbocycles. The van der Waals surface area contributed by atoms with Crippen LogP contribution in [0.1, 0.15) is 36.0 Å². The molecule has 1 saturated heterocycles. The molecule has 3 heteroatoms. The van der Waals surface area contributed by atoms with Crippen molar-refractivity contribution in [3.05, 3.63) is 83.4 Å². The fraction of sp³-hybridized carbons (Fsp3) is 0.346. The lowest BCUT2D eigenvalue weighted by Gasteiger charge is -2.32. The Balaban J connectivity index is 1.22. The zero-order valence-electron chi connectivity index (χ0n) is 17.2. The number of fused-ring (bicyclic) bond motifs is 1. The molecular weight excluding hydrogens is 356 g/mol. The van der Waals surface area contributed by atoms with E-state index in [9.17, 15) is 4.79 Å². The lowest BCUT2D eigenvalue weighted by molar-refractivity contribution is -0.122. The Morgan fingerprint density at radius 1 is 0.966 bits per heavy atom. The fourth-order valence-electron chi connectivity index (χ4n) is 4.22. The van der Waals surface area contributed by atoms with Gasteiger partial charge in [0.2, 0.25) is 5.91 Å². The summed E-state index contributed by atoms with van der Waals surface area (Å²) in [6, 6.07) is 23.8. The molecule has 1 heterocycles. The standard InChI is InChI=1S/C26H30N2O/c1-20-6-2-3-9-24(20)19-28-16-14-25(15-17-28)27-26(29)13-11-21-10-12-22-7-4-5-8-23(22)18-21/h2-10,12,18,25H,11,13-17,19H2,1H3,(H,27,29). The molecule has 0 spiro atoms. The lowest BCUT2D eigenvalue weighted by atomic mass is 10.0.